The minimum Gasteiger partial charge on any atom is -0.435 e. The van der Waals surface area contributed by atoms with Gasteiger partial charge in [-0.1, -0.05) is 23.7 Å². The van der Waals surface area contributed by atoms with Crippen LogP contribution in [-0.2, 0) is 16.6 Å². The van der Waals surface area contributed by atoms with Gasteiger partial charge in [0.05, 0.1) is 4.90 Å². The fourth-order valence-corrected chi connectivity index (χ4v) is 3.63. The lowest BCUT2D eigenvalue weighted by molar-refractivity contribution is -0.0498. The molecular weight excluding hydrogens is 360 g/mol. The Morgan fingerprint density at radius 1 is 1.12 bits per heavy atom. The highest BCUT2D eigenvalue weighted by atomic mass is 35.5. The molecule has 2 aromatic carbocycles. The second kappa shape index (κ2) is 7.46. The number of rotatable bonds is 6. The molecule has 0 bridgehead atoms. The third-order valence-corrected chi connectivity index (χ3v) is 5.31. The van der Waals surface area contributed by atoms with Gasteiger partial charge in [-0.25, -0.2) is 13.1 Å². The van der Waals surface area contributed by atoms with Crippen molar-refractivity contribution in [2.24, 2.45) is 0 Å². The fraction of sp³-hybridized carbons (Fsp3) is 0.250. The van der Waals surface area contributed by atoms with Crippen molar-refractivity contribution in [3.63, 3.8) is 0 Å². The van der Waals surface area contributed by atoms with Gasteiger partial charge in [0.25, 0.3) is 0 Å². The van der Waals surface area contributed by atoms with Crippen molar-refractivity contribution in [3.8, 4) is 5.75 Å². The average molecular weight is 376 g/mol. The molecule has 0 heterocycles. The first-order chi connectivity index (χ1) is 11.2. The van der Waals surface area contributed by atoms with Crippen molar-refractivity contribution in [2.75, 3.05) is 0 Å². The van der Waals surface area contributed by atoms with Crippen LogP contribution in [0.2, 0.25) is 5.02 Å². The molecule has 24 heavy (non-hydrogen) atoms. The predicted molar refractivity (Wildman–Crippen MR) is 88.0 cm³/mol. The summed E-state index contributed by atoms with van der Waals surface area (Å²) in [4.78, 5) is 0.155. The summed E-state index contributed by atoms with van der Waals surface area (Å²) in [5, 5.41) is 0.501. The Labute approximate surface area is 144 Å². The third kappa shape index (κ3) is 4.66. The van der Waals surface area contributed by atoms with Crippen LogP contribution >= 0.6 is 11.6 Å². The molecule has 8 heteroatoms. The molecule has 2 rings (SSSR count). The third-order valence-electron chi connectivity index (χ3n) is 3.36. The summed E-state index contributed by atoms with van der Waals surface area (Å²) < 4.78 is 55.7. The maximum atomic E-state index is 12.4. The van der Waals surface area contributed by atoms with E-state index in [1.807, 2.05) is 0 Å². The highest BCUT2D eigenvalue weighted by molar-refractivity contribution is 7.89. The van der Waals surface area contributed by atoms with Gasteiger partial charge in [0.2, 0.25) is 10.0 Å². The number of sulfonamides is 1. The van der Waals surface area contributed by atoms with Gasteiger partial charge in [-0.2, -0.15) is 8.78 Å². The number of benzene rings is 2. The Hall–Kier alpha value is -1.70. The van der Waals surface area contributed by atoms with Gasteiger partial charge in [0.15, 0.2) is 0 Å². The van der Waals surface area contributed by atoms with Gasteiger partial charge in [0, 0.05) is 11.6 Å². The van der Waals surface area contributed by atoms with E-state index < -0.39 is 16.6 Å². The zero-order chi connectivity index (χ0) is 17.9. The quantitative estimate of drug-likeness (QED) is 0.829. The molecule has 2 aromatic rings. The number of hydrogen-bond donors (Lipinski definition) is 1. The van der Waals surface area contributed by atoms with Crippen molar-refractivity contribution in [2.45, 2.75) is 31.9 Å². The largest absolute Gasteiger partial charge is 0.435 e. The Morgan fingerprint density at radius 2 is 1.75 bits per heavy atom. The molecule has 0 amide bonds. The number of ether oxygens (including phenoxy) is 1. The Balaban J connectivity index is 2.12. The maximum absolute atomic E-state index is 12.4. The number of hydrogen-bond acceptors (Lipinski definition) is 3. The highest BCUT2D eigenvalue weighted by Crippen LogP contribution is 2.24. The second-order valence-electron chi connectivity index (χ2n) is 5.21. The first kappa shape index (κ1) is 18.6. The first-order valence-corrected chi connectivity index (χ1v) is 8.85. The Bertz CT molecular complexity index is 824. The van der Waals surface area contributed by atoms with Crippen LogP contribution in [0, 0.1) is 13.8 Å². The molecule has 0 saturated heterocycles. The van der Waals surface area contributed by atoms with Crippen LogP contribution in [0.3, 0.4) is 0 Å². The molecule has 130 valence electrons. The van der Waals surface area contributed by atoms with E-state index in [2.05, 4.69) is 9.46 Å². The number of halogens is 3. The SMILES string of the molecule is Cc1cc(S(=O)(=O)NCc2ccc(OC(F)F)cc2)c(C)cc1Cl. The van der Waals surface area contributed by atoms with Crippen molar-refractivity contribution in [1.29, 1.82) is 0 Å². The molecule has 0 fully saturated rings. The molecular formula is C16H16ClF2NO3S. The summed E-state index contributed by atoms with van der Waals surface area (Å²) in [6, 6.07) is 8.85. The maximum Gasteiger partial charge on any atom is 0.387 e. The molecule has 0 aliphatic carbocycles. The highest BCUT2D eigenvalue weighted by Gasteiger charge is 2.18. The average Bonchev–Trinajstić information content (AvgIpc) is 2.49. The summed E-state index contributed by atoms with van der Waals surface area (Å²) in [6.07, 6.45) is 0. The number of nitrogens with one attached hydrogen (secondary N) is 1. The van der Waals surface area contributed by atoms with Crippen molar-refractivity contribution < 1.29 is 21.9 Å². The monoisotopic (exact) mass is 375 g/mol. The van der Waals surface area contributed by atoms with E-state index in [-0.39, 0.29) is 17.2 Å². The Kier molecular flexibility index (Phi) is 5.79. The zero-order valence-corrected chi connectivity index (χ0v) is 14.6. The van der Waals surface area contributed by atoms with E-state index in [1.165, 1.54) is 30.3 Å². The van der Waals surface area contributed by atoms with Crippen LogP contribution < -0.4 is 9.46 Å². The molecule has 0 spiro atoms. The van der Waals surface area contributed by atoms with Crippen LogP contribution in [0.4, 0.5) is 8.78 Å². The van der Waals surface area contributed by atoms with Gasteiger partial charge in [-0.15, -0.1) is 0 Å². The van der Waals surface area contributed by atoms with E-state index >= 15 is 0 Å². The molecule has 0 atom stereocenters. The fourth-order valence-electron chi connectivity index (χ4n) is 2.09. The molecule has 1 N–H and O–H groups in total. The van der Waals surface area contributed by atoms with Gasteiger partial charge < -0.3 is 4.74 Å². The molecule has 4 nitrogen and oxygen atoms in total. The normalized spacial score (nSPS) is 11.8. The lowest BCUT2D eigenvalue weighted by Crippen LogP contribution is -2.24. The second-order valence-corrected chi connectivity index (χ2v) is 7.36. The van der Waals surface area contributed by atoms with Crippen molar-refractivity contribution in [1.82, 2.24) is 4.72 Å². The Morgan fingerprint density at radius 3 is 2.33 bits per heavy atom. The van der Waals surface area contributed by atoms with Gasteiger partial charge in [-0.3, -0.25) is 0 Å². The summed E-state index contributed by atoms with van der Waals surface area (Å²) >= 11 is 5.98. The van der Waals surface area contributed by atoms with Crippen LogP contribution in [0.15, 0.2) is 41.3 Å². The van der Waals surface area contributed by atoms with Crippen LogP contribution in [0.5, 0.6) is 5.75 Å². The lowest BCUT2D eigenvalue weighted by Gasteiger charge is -2.11. The minimum atomic E-state index is -3.72. The van der Waals surface area contributed by atoms with Gasteiger partial charge >= 0.3 is 6.61 Å². The minimum absolute atomic E-state index is 0.0146. The number of alkyl halides is 2. The van der Waals surface area contributed by atoms with Crippen LogP contribution in [-0.4, -0.2) is 15.0 Å². The summed E-state index contributed by atoms with van der Waals surface area (Å²) in [5.41, 5.74) is 1.82. The smallest absolute Gasteiger partial charge is 0.387 e. The van der Waals surface area contributed by atoms with E-state index in [0.717, 1.165) is 0 Å². The summed E-state index contributed by atoms with van der Waals surface area (Å²) in [7, 11) is -3.72. The van der Waals surface area contributed by atoms with Gasteiger partial charge in [0.1, 0.15) is 5.75 Å². The lowest BCUT2D eigenvalue weighted by atomic mass is 10.2. The molecule has 0 aliphatic rings. The van der Waals surface area contributed by atoms with Crippen LogP contribution in [0.25, 0.3) is 0 Å². The number of aryl methyl sites for hydroxylation is 2. The summed E-state index contributed by atoms with van der Waals surface area (Å²) in [6.45, 7) is 0.516. The van der Waals surface area contributed by atoms with Crippen molar-refractivity contribution in [3.05, 3.63) is 58.1 Å². The van der Waals surface area contributed by atoms with E-state index in [1.54, 1.807) is 19.9 Å². The first-order valence-electron chi connectivity index (χ1n) is 6.99. The molecule has 0 aliphatic heterocycles. The molecule has 0 aromatic heterocycles. The van der Waals surface area contributed by atoms with Gasteiger partial charge in [-0.05, 0) is 54.8 Å². The van der Waals surface area contributed by atoms with Crippen molar-refractivity contribution >= 4 is 21.6 Å². The van der Waals surface area contributed by atoms with E-state index in [0.29, 0.717) is 21.7 Å². The van der Waals surface area contributed by atoms with E-state index in [9.17, 15) is 17.2 Å². The molecule has 0 saturated carbocycles. The summed E-state index contributed by atoms with van der Waals surface area (Å²) in [5.74, 6) is 0.0146. The zero-order valence-electron chi connectivity index (χ0n) is 13.0. The molecule has 0 unspecified atom stereocenters. The standard InChI is InChI=1S/C16H16ClF2NO3S/c1-10-8-15(11(2)7-14(10)17)24(21,22)20-9-12-3-5-13(6-4-12)23-16(18)19/h3-8,16,20H,9H2,1-2H3. The predicted octanol–water partition coefficient (Wildman–Crippen LogP) is 4.04. The van der Waals surface area contributed by atoms with E-state index in [4.69, 9.17) is 11.6 Å². The topological polar surface area (TPSA) is 55.4 Å². The van der Waals surface area contributed by atoms with Crippen LogP contribution in [0.1, 0.15) is 16.7 Å². The molecule has 0 radical (unpaired) electrons.